The zero-order chi connectivity index (χ0) is 13.2. The molecule has 0 unspecified atom stereocenters. The van der Waals surface area contributed by atoms with E-state index in [9.17, 15) is 28.2 Å². The molecule has 0 radical (unpaired) electrons. The Kier molecular flexibility index (Phi) is 11.2. The summed E-state index contributed by atoms with van der Waals surface area (Å²) in [5.74, 6) is -3.36. The third-order valence-corrected chi connectivity index (χ3v) is 3.35. The molecular formula is C9H7K2NO6S. The number of carbonyl (C=O) groups is 2. The van der Waals surface area contributed by atoms with Gasteiger partial charge < -0.3 is 19.8 Å². The molecule has 0 fully saturated rings. The molecule has 1 aromatic rings. The second-order valence-corrected chi connectivity index (χ2v) is 4.92. The van der Waals surface area contributed by atoms with Gasteiger partial charge in [-0.25, -0.2) is 13.1 Å². The Morgan fingerprint density at radius 1 is 1.00 bits per heavy atom. The molecular weight excluding hydrogens is 328 g/mol. The summed E-state index contributed by atoms with van der Waals surface area (Å²) in [6, 6.07) is 2.36. The van der Waals surface area contributed by atoms with Gasteiger partial charge in [-0.3, -0.25) is 0 Å². The summed E-state index contributed by atoms with van der Waals surface area (Å²) in [6.45, 7) is 0. The van der Waals surface area contributed by atoms with Crippen molar-refractivity contribution in [3.63, 3.8) is 0 Å². The maximum absolute atomic E-state index is 11.4. The Balaban J connectivity index is 0. The molecule has 0 saturated heterocycles. The van der Waals surface area contributed by atoms with E-state index in [1.165, 1.54) is 0 Å². The topological polar surface area (TPSA) is 126 Å². The minimum atomic E-state index is -3.94. The smallest absolute Gasteiger partial charge is 0.545 e. The van der Waals surface area contributed by atoms with Crippen molar-refractivity contribution >= 4 is 22.0 Å². The molecule has 0 aliphatic rings. The first-order chi connectivity index (χ1) is 7.77. The van der Waals surface area contributed by atoms with Crippen LogP contribution in [0.2, 0.25) is 0 Å². The van der Waals surface area contributed by atoms with Crippen molar-refractivity contribution in [1.29, 1.82) is 0 Å². The number of benzene rings is 1. The zero-order valence-electron chi connectivity index (χ0n) is 10.6. The Bertz CT molecular complexity index is 554. The Morgan fingerprint density at radius 3 is 1.63 bits per heavy atom. The molecule has 0 spiro atoms. The SMILES string of the molecule is CNS(=O)(=O)c1cc(C(=O)[O-])cc(C(=O)[O-])c1.[K+].[K+]. The van der Waals surface area contributed by atoms with Crippen LogP contribution in [-0.4, -0.2) is 27.4 Å². The number of carbonyl (C=O) groups excluding carboxylic acids is 2. The van der Waals surface area contributed by atoms with E-state index in [2.05, 4.69) is 0 Å². The van der Waals surface area contributed by atoms with Crippen molar-refractivity contribution in [1.82, 2.24) is 4.72 Å². The summed E-state index contributed by atoms with van der Waals surface area (Å²) in [7, 11) is -2.83. The average Bonchev–Trinajstić information content (AvgIpc) is 2.28. The summed E-state index contributed by atoms with van der Waals surface area (Å²) < 4.78 is 24.8. The van der Waals surface area contributed by atoms with Crippen LogP contribution in [0.15, 0.2) is 23.1 Å². The largest absolute Gasteiger partial charge is 1.00 e. The Morgan fingerprint density at radius 2 is 1.37 bits per heavy atom. The average molecular weight is 335 g/mol. The number of nitrogens with one attached hydrogen (secondary N) is 1. The van der Waals surface area contributed by atoms with Gasteiger partial charge in [0.15, 0.2) is 0 Å². The minimum absolute atomic E-state index is 0. The molecule has 0 aliphatic carbocycles. The van der Waals surface area contributed by atoms with Gasteiger partial charge in [0.1, 0.15) is 0 Å². The Labute approximate surface area is 195 Å². The first-order valence-corrected chi connectivity index (χ1v) is 5.77. The first kappa shape index (κ1) is 22.6. The van der Waals surface area contributed by atoms with Gasteiger partial charge in [-0.1, -0.05) is 0 Å². The van der Waals surface area contributed by atoms with E-state index in [4.69, 9.17) is 0 Å². The molecule has 10 heteroatoms. The van der Waals surface area contributed by atoms with Crippen LogP contribution in [0.4, 0.5) is 0 Å². The fourth-order valence-electron chi connectivity index (χ4n) is 1.11. The number of hydrogen-bond acceptors (Lipinski definition) is 6. The minimum Gasteiger partial charge on any atom is -0.545 e. The molecule has 1 rings (SSSR count). The van der Waals surface area contributed by atoms with Gasteiger partial charge in [0.05, 0.1) is 16.8 Å². The van der Waals surface area contributed by atoms with Gasteiger partial charge in [0.25, 0.3) is 0 Å². The fourth-order valence-corrected chi connectivity index (χ4v) is 1.91. The van der Waals surface area contributed by atoms with Crippen molar-refractivity contribution in [3.05, 3.63) is 29.3 Å². The van der Waals surface area contributed by atoms with Crippen LogP contribution in [-0.2, 0) is 10.0 Å². The van der Waals surface area contributed by atoms with Crippen LogP contribution in [0.25, 0.3) is 0 Å². The summed E-state index contributed by atoms with van der Waals surface area (Å²) in [6.07, 6.45) is 0. The predicted octanol–water partition coefficient (Wildman–Crippen LogP) is -8.67. The van der Waals surface area contributed by atoms with Crippen LogP contribution < -0.4 is 118 Å². The number of sulfonamides is 1. The van der Waals surface area contributed by atoms with Gasteiger partial charge >= 0.3 is 103 Å². The molecule has 0 saturated carbocycles. The van der Waals surface area contributed by atoms with Gasteiger partial charge in [-0.2, -0.15) is 0 Å². The maximum atomic E-state index is 11.4. The normalized spacial score (nSPS) is 9.95. The molecule has 1 aromatic carbocycles. The zero-order valence-corrected chi connectivity index (χ0v) is 17.7. The quantitative estimate of drug-likeness (QED) is 0.545. The van der Waals surface area contributed by atoms with Crippen molar-refractivity contribution in [3.8, 4) is 0 Å². The van der Waals surface area contributed by atoms with Gasteiger partial charge in [0, 0.05) is 0 Å². The van der Waals surface area contributed by atoms with Gasteiger partial charge in [0.2, 0.25) is 10.0 Å². The summed E-state index contributed by atoms with van der Waals surface area (Å²) in [5, 5.41) is 21.2. The van der Waals surface area contributed by atoms with Crippen LogP contribution >= 0.6 is 0 Å². The van der Waals surface area contributed by atoms with Crippen LogP contribution in [0.5, 0.6) is 0 Å². The van der Waals surface area contributed by atoms with E-state index in [-0.39, 0.29) is 103 Å². The predicted molar refractivity (Wildman–Crippen MR) is 51.3 cm³/mol. The maximum Gasteiger partial charge on any atom is 1.00 e. The molecule has 0 amide bonds. The van der Waals surface area contributed by atoms with E-state index >= 15 is 0 Å². The van der Waals surface area contributed by atoms with Crippen LogP contribution in [0.1, 0.15) is 20.7 Å². The molecule has 0 aliphatic heterocycles. The molecule has 0 aromatic heterocycles. The molecule has 19 heavy (non-hydrogen) atoms. The summed E-state index contributed by atoms with van der Waals surface area (Å²) in [4.78, 5) is 20.7. The molecule has 7 nitrogen and oxygen atoms in total. The van der Waals surface area contributed by atoms with E-state index in [0.717, 1.165) is 25.2 Å². The van der Waals surface area contributed by atoms with Crippen molar-refractivity contribution in [2.45, 2.75) is 4.90 Å². The molecule has 92 valence electrons. The number of rotatable bonds is 4. The van der Waals surface area contributed by atoms with Crippen molar-refractivity contribution < 1.29 is 131 Å². The Hall–Kier alpha value is 1.34. The number of aromatic carboxylic acids is 2. The second kappa shape index (κ2) is 9.38. The van der Waals surface area contributed by atoms with E-state index in [1.807, 2.05) is 4.72 Å². The number of hydrogen-bond donors (Lipinski definition) is 1. The van der Waals surface area contributed by atoms with Gasteiger partial charge in [-0.05, 0) is 36.4 Å². The van der Waals surface area contributed by atoms with Gasteiger partial charge in [-0.15, -0.1) is 0 Å². The summed E-state index contributed by atoms with van der Waals surface area (Å²) >= 11 is 0. The number of carboxylic acids is 2. The standard InChI is InChI=1S/C9H9NO6S.2K/c1-10-17(15,16)7-3-5(8(11)12)2-6(4-7)9(13)14;;/h2-4,10H,1H3,(H,11,12)(H,13,14);;/q;2*+1/p-2. The van der Waals surface area contributed by atoms with Crippen LogP contribution in [0.3, 0.4) is 0 Å². The van der Waals surface area contributed by atoms with Crippen LogP contribution in [0, 0.1) is 0 Å². The third-order valence-electron chi connectivity index (χ3n) is 1.96. The fraction of sp³-hybridized carbons (Fsp3) is 0.111. The molecule has 0 atom stereocenters. The second-order valence-electron chi connectivity index (χ2n) is 3.03. The van der Waals surface area contributed by atoms with Crippen molar-refractivity contribution in [2.24, 2.45) is 0 Å². The third kappa shape index (κ3) is 6.32. The molecule has 0 bridgehead atoms. The molecule has 1 N–H and O–H groups in total. The monoisotopic (exact) mass is 335 g/mol. The summed E-state index contributed by atoms with van der Waals surface area (Å²) in [5.41, 5.74) is -1.11. The van der Waals surface area contributed by atoms with E-state index in [0.29, 0.717) is 0 Å². The van der Waals surface area contributed by atoms with Crippen molar-refractivity contribution in [2.75, 3.05) is 7.05 Å². The number of carboxylic acid groups (broad SMARTS) is 2. The van der Waals surface area contributed by atoms with E-state index in [1.54, 1.807) is 0 Å². The molecule has 0 heterocycles. The van der Waals surface area contributed by atoms with E-state index < -0.39 is 38.0 Å². The first-order valence-electron chi connectivity index (χ1n) is 4.29.